The Hall–Kier alpha value is -0.620. The lowest BCUT2D eigenvalue weighted by Crippen LogP contribution is -2.23. The molecule has 4 nitrogen and oxygen atoms in total. The van der Waals surface area contributed by atoms with E-state index >= 15 is 0 Å². The maximum Gasteiger partial charge on any atom is 0.259 e. The molecule has 0 radical (unpaired) electrons. The Morgan fingerprint density at radius 1 is 1.71 bits per heavy atom. The first-order valence-electron chi connectivity index (χ1n) is 4.00. The molecule has 5 N–H and O–H groups in total. The van der Waals surface area contributed by atoms with Crippen LogP contribution in [0.25, 0.3) is 0 Å². The van der Waals surface area contributed by atoms with Crippen molar-refractivity contribution in [3.8, 4) is 0 Å². The summed E-state index contributed by atoms with van der Waals surface area (Å²) in [5, 5.41) is 9.31. The predicted molar refractivity (Wildman–Crippen MR) is 56.6 cm³/mol. The lowest BCUT2D eigenvalue weighted by atomic mass is 10.1. The number of primary amides is 1. The molecule has 14 heavy (non-hydrogen) atoms. The van der Waals surface area contributed by atoms with Gasteiger partial charge in [-0.1, -0.05) is 11.6 Å². The highest BCUT2D eigenvalue weighted by molar-refractivity contribution is 7.18. The first kappa shape index (κ1) is 11.5. The number of amides is 1. The molecule has 1 unspecified atom stereocenters. The normalized spacial score (nSPS) is 12.8. The van der Waals surface area contributed by atoms with E-state index in [1.807, 2.05) is 0 Å². The number of carbonyl (C=O) groups is 1. The number of aliphatic hydroxyl groups is 1. The molecule has 0 fully saturated rings. The van der Waals surface area contributed by atoms with Crippen LogP contribution in [0.3, 0.4) is 0 Å². The molecule has 0 bridgehead atoms. The van der Waals surface area contributed by atoms with Gasteiger partial charge in [-0.2, -0.15) is 0 Å². The molecule has 1 aromatic heterocycles. The predicted octanol–water partition coefficient (Wildman–Crippen LogP) is 0.362. The Morgan fingerprint density at radius 2 is 2.36 bits per heavy atom. The quantitative estimate of drug-likeness (QED) is 0.703. The third-order valence-electron chi connectivity index (χ3n) is 1.73. The fraction of sp³-hybridized carbons (Fsp3) is 0.375. The van der Waals surface area contributed by atoms with Gasteiger partial charge in [0.25, 0.3) is 5.91 Å². The minimum absolute atomic E-state index is 0.145. The van der Waals surface area contributed by atoms with Gasteiger partial charge < -0.3 is 16.6 Å². The molecule has 1 aromatic rings. The van der Waals surface area contributed by atoms with Crippen molar-refractivity contribution in [3.63, 3.8) is 0 Å². The summed E-state index contributed by atoms with van der Waals surface area (Å²) in [6, 6.07) is 1.63. The molecule has 78 valence electrons. The van der Waals surface area contributed by atoms with E-state index in [2.05, 4.69) is 0 Å². The van der Waals surface area contributed by atoms with Crippen LogP contribution in [-0.2, 0) is 6.42 Å². The van der Waals surface area contributed by atoms with E-state index in [1.54, 1.807) is 6.07 Å². The molecule has 1 atom stereocenters. The Labute approximate surface area is 90.5 Å². The van der Waals surface area contributed by atoms with E-state index in [0.717, 1.165) is 11.3 Å². The molecule has 1 heterocycles. The summed E-state index contributed by atoms with van der Waals surface area (Å²) in [6.07, 6.45) is -0.364. The number of halogens is 1. The topological polar surface area (TPSA) is 89.3 Å². The van der Waals surface area contributed by atoms with Crippen LogP contribution in [-0.4, -0.2) is 23.7 Å². The number of carbonyl (C=O) groups excluding carboxylic acids is 1. The number of rotatable bonds is 4. The van der Waals surface area contributed by atoms with Crippen molar-refractivity contribution < 1.29 is 9.90 Å². The SMILES string of the molecule is NCC(O)Cc1cc(Cl)sc1C(N)=O. The van der Waals surface area contributed by atoms with Crippen LogP contribution in [0.1, 0.15) is 15.2 Å². The van der Waals surface area contributed by atoms with Crippen LogP contribution < -0.4 is 11.5 Å². The molecule has 0 saturated carbocycles. The summed E-state index contributed by atoms with van der Waals surface area (Å²) in [6.45, 7) is 0.145. The van der Waals surface area contributed by atoms with Gasteiger partial charge in [0.1, 0.15) is 0 Å². The van der Waals surface area contributed by atoms with Gasteiger partial charge in [-0.25, -0.2) is 0 Å². The average molecular weight is 235 g/mol. The standard InChI is InChI=1S/C8H11ClN2O2S/c9-6-2-4(1-5(12)3-10)7(14-6)8(11)13/h2,5,12H,1,3,10H2,(H2,11,13). The Bertz CT molecular complexity index is 340. The van der Waals surface area contributed by atoms with Gasteiger partial charge in [-0.15, -0.1) is 11.3 Å². The second-order valence-corrected chi connectivity index (χ2v) is 4.55. The summed E-state index contributed by atoms with van der Waals surface area (Å²) in [5.74, 6) is -0.527. The zero-order valence-corrected chi connectivity index (χ0v) is 8.94. The van der Waals surface area contributed by atoms with E-state index in [4.69, 9.17) is 23.1 Å². The van der Waals surface area contributed by atoms with Crippen molar-refractivity contribution in [2.45, 2.75) is 12.5 Å². The first-order valence-corrected chi connectivity index (χ1v) is 5.20. The third-order valence-corrected chi connectivity index (χ3v) is 3.05. The molecule has 0 aliphatic rings. The third kappa shape index (κ3) is 2.68. The maximum atomic E-state index is 11.0. The number of nitrogens with two attached hydrogens (primary N) is 2. The highest BCUT2D eigenvalue weighted by atomic mass is 35.5. The van der Waals surface area contributed by atoms with Crippen LogP contribution in [0.15, 0.2) is 6.07 Å². The molecule has 0 saturated heterocycles. The van der Waals surface area contributed by atoms with Gasteiger partial charge in [0, 0.05) is 13.0 Å². The number of aliphatic hydroxyl groups excluding tert-OH is 1. The summed E-state index contributed by atoms with van der Waals surface area (Å²) < 4.78 is 0.484. The minimum atomic E-state index is -0.668. The Balaban J connectivity index is 2.89. The van der Waals surface area contributed by atoms with Crippen LogP contribution in [0.2, 0.25) is 4.34 Å². The van der Waals surface area contributed by atoms with Gasteiger partial charge in [0.2, 0.25) is 0 Å². The van der Waals surface area contributed by atoms with E-state index in [0.29, 0.717) is 21.2 Å². The summed E-state index contributed by atoms with van der Waals surface area (Å²) >= 11 is 6.85. The second kappa shape index (κ2) is 4.75. The number of thiophene rings is 1. The van der Waals surface area contributed by atoms with Crippen molar-refractivity contribution in [2.75, 3.05) is 6.54 Å². The molecule has 0 aromatic carbocycles. The van der Waals surface area contributed by atoms with Gasteiger partial charge in [0.15, 0.2) is 0 Å². The lowest BCUT2D eigenvalue weighted by Gasteiger charge is -2.06. The summed E-state index contributed by atoms with van der Waals surface area (Å²) in [4.78, 5) is 11.4. The summed E-state index contributed by atoms with van der Waals surface area (Å²) in [5.41, 5.74) is 11.1. The van der Waals surface area contributed by atoms with Gasteiger partial charge in [-0.05, 0) is 11.6 Å². The van der Waals surface area contributed by atoms with Crippen LogP contribution in [0.5, 0.6) is 0 Å². The van der Waals surface area contributed by atoms with E-state index < -0.39 is 12.0 Å². The second-order valence-electron chi connectivity index (χ2n) is 2.86. The average Bonchev–Trinajstić information content (AvgIpc) is 2.46. The zero-order chi connectivity index (χ0) is 10.7. The molecule has 0 spiro atoms. The lowest BCUT2D eigenvalue weighted by molar-refractivity contribution is 0.100. The molecule has 6 heteroatoms. The number of hydrogen-bond acceptors (Lipinski definition) is 4. The van der Waals surface area contributed by atoms with Gasteiger partial charge in [-0.3, -0.25) is 4.79 Å². The molecule has 0 aliphatic heterocycles. The molecule has 0 aliphatic carbocycles. The Kier molecular flexibility index (Phi) is 3.88. The van der Waals surface area contributed by atoms with Crippen molar-refractivity contribution in [1.82, 2.24) is 0 Å². The van der Waals surface area contributed by atoms with Crippen LogP contribution in [0, 0.1) is 0 Å². The molecular weight excluding hydrogens is 224 g/mol. The summed E-state index contributed by atoms with van der Waals surface area (Å²) in [7, 11) is 0. The van der Waals surface area contributed by atoms with Crippen molar-refractivity contribution in [2.24, 2.45) is 11.5 Å². The zero-order valence-electron chi connectivity index (χ0n) is 7.37. The monoisotopic (exact) mass is 234 g/mol. The fourth-order valence-corrected chi connectivity index (χ4v) is 2.23. The van der Waals surface area contributed by atoms with Crippen LogP contribution >= 0.6 is 22.9 Å². The van der Waals surface area contributed by atoms with Gasteiger partial charge >= 0.3 is 0 Å². The van der Waals surface area contributed by atoms with E-state index in [9.17, 15) is 9.90 Å². The smallest absolute Gasteiger partial charge is 0.259 e. The van der Waals surface area contributed by atoms with Crippen molar-refractivity contribution >= 4 is 28.8 Å². The van der Waals surface area contributed by atoms with Crippen molar-refractivity contribution in [1.29, 1.82) is 0 Å². The molecular formula is C8H11ClN2O2S. The number of hydrogen-bond donors (Lipinski definition) is 3. The van der Waals surface area contributed by atoms with Gasteiger partial charge in [0.05, 0.1) is 15.3 Å². The van der Waals surface area contributed by atoms with E-state index in [1.165, 1.54) is 0 Å². The van der Waals surface area contributed by atoms with Crippen LogP contribution in [0.4, 0.5) is 0 Å². The van der Waals surface area contributed by atoms with Crippen molar-refractivity contribution in [3.05, 3.63) is 20.8 Å². The fourth-order valence-electron chi connectivity index (χ4n) is 1.09. The Morgan fingerprint density at radius 3 is 2.86 bits per heavy atom. The molecule has 1 rings (SSSR count). The highest BCUT2D eigenvalue weighted by Crippen LogP contribution is 2.27. The maximum absolute atomic E-state index is 11.0. The van der Waals surface area contributed by atoms with E-state index in [-0.39, 0.29) is 6.54 Å². The largest absolute Gasteiger partial charge is 0.391 e. The molecule has 1 amide bonds. The first-order chi connectivity index (χ1) is 6.54. The highest BCUT2D eigenvalue weighted by Gasteiger charge is 2.15. The minimum Gasteiger partial charge on any atom is -0.391 e.